The van der Waals surface area contributed by atoms with E-state index >= 15 is 0 Å². The van der Waals surface area contributed by atoms with Gasteiger partial charge in [0.25, 0.3) is 17.4 Å². The van der Waals surface area contributed by atoms with E-state index in [0.29, 0.717) is 0 Å². The summed E-state index contributed by atoms with van der Waals surface area (Å²) in [6, 6.07) is 8.63. The largest absolute Gasteiger partial charge is 1.00 e. The Kier molecular flexibility index (Phi) is 11.5. The summed E-state index contributed by atoms with van der Waals surface area (Å²) in [7, 11) is -9.38. The Bertz CT molecular complexity index is 1760. The molecule has 1 aromatic heterocycles. The van der Waals surface area contributed by atoms with Gasteiger partial charge in [-0.15, -0.1) is 0 Å². The van der Waals surface area contributed by atoms with E-state index < -0.39 is 53.3 Å². The van der Waals surface area contributed by atoms with Crippen LogP contribution in [-0.2, 0) is 29.8 Å². The van der Waals surface area contributed by atoms with Crippen LogP contribution in [0.25, 0.3) is 11.8 Å². The molecule has 1 saturated heterocycles. The molecule has 0 radical (unpaired) electrons. The van der Waals surface area contributed by atoms with Crippen LogP contribution in [0.1, 0.15) is 5.56 Å². The maximum absolute atomic E-state index is 12.6. The molecule has 3 N–H and O–H groups in total. The van der Waals surface area contributed by atoms with E-state index in [9.17, 15) is 45.4 Å². The molecule has 14 nitrogen and oxygen atoms in total. The van der Waals surface area contributed by atoms with E-state index in [2.05, 4.69) is 10.5 Å². The number of aromatic hydroxyl groups is 1. The second-order valence-electron chi connectivity index (χ2n) is 7.43. The number of benzene rings is 2. The van der Waals surface area contributed by atoms with Crippen molar-refractivity contribution in [1.29, 1.82) is 0 Å². The summed E-state index contributed by atoms with van der Waals surface area (Å²) < 4.78 is 67.2. The molecule has 0 bridgehead atoms. The number of aromatic nitrogens is 2. The van der Waals surface area contributed by atoms with Gasteiger partial charge in [0.2, 0.25) is 5.88 Å². The molecule has 4 rings (SSSR count). The van der Waals surface area contributed by atoms with Gasteiger partial charge in [-0.3, -0.25) is 24.9 Å². The number of aromatic amines is 1. The first-order chi connectivity index (χ1) is 17.3. The van der Waals surface area contributed by atoms with Crippen LogP contribution in [-0.4, -0.2) is 52.6 Å². The fourth-order valence-corrected chi connectivity index (χ4v) is 4.24. The van der Waals surface area contributed by atoms with Gasteiger partial charge in [0.15, 0.2) is 0 Å². The molecule has 0 saturated carbocycles. The Morgan fingerprint density at radius 1 is 0.795 bits per heavy atom. The summed E-state index contributed by atoms with van der Waals surface area (Å²) >= 11 is 0. The fraction of sp³-hybridized carbons (Fsp3) is 0. The number of hydrogen-bond donors (Lipinski definition) is 3. The van der Waals surface area contributed by atoms with Crippen molar-refractivity contribution in [3.05, 3.63) is 82.2 Å². The van der Waals surface area contributed by atoms with E-state index in [1.165, 1.54) is 12.1 Å². The predicted octanol–water partition coefficient (Wildman–Crippen LogP) is -6.29. The molecular weight excluding hydrogens is 611 g/mol. The molecule has 39 heavy (non-hydrogen) atoms. The van der Waals surface area contributed by atoms with Gasteiger partial charge in [0, 0.05) is 0 Å². The van der Waals surface area contributed by atoms with Crippen LogP contribution >= 0.6 is 0 Å². The number of nitrogens with zero attached hydrogens (tertiary/aromatic N) is 2. The number of H-pyrrole nitrogens is 1. The monoisotopic (exact) mass is 624 g/mol. The van der Waals surface area contributed by atoms with Crippen molar-refractivity contribution in [2.75, 3.05) is 5.01 Å². The summed E-state index contributed by atoms with van der Waals surface area (Å²) in [6.07, 6.45) is 3.36. The minimum atomic E-state index is -4.70. The molecule has 0 unspecified atom stereocenters. The van der Waals surface area contributed by atoms with Gasteiger partial charge in [0.05, 0.1) is 21.2 Å². The molecule has 1 aliphatic heterocycles. The Balaban J connectivity index is 0.00000267. The summed E-state index contributed by atoms with van der Waals surface area (Å²) in [6.45, 7) is 0. The number of carbonyl (C=O) groups is 2. The van der Waals surface area contributed by atoms with Gasteiger partial charge in [-0.05, 0) is 60.7 Å². The molecule has 0 spiro atoms. The molecule has 1 aliphatic rings. The van der Waals surface area contributed by atoms with Gasteiger partial charge in [-0.25, -0.2) is 26.5 Å². The van der Waals surface area contributed by atoms with Crippen LogP contribution in [0, 0.1) is 0 Å². The molecule has 2 amide bonds. The van der Waals surface area contributed by atoms with Crippen molar-refractivity contribution in [3.8, 4) is 11.6 Å². The minimum Gasteiger partial charge on any atom is -0.744 e. The number of allylic oxidation sites excluding steroid dienone is 2. The zero-order valence-electron chi connectivity index (χ0n) is 20.2. The number of hydrazine groups is 1. The van der Waals surface area contributed by atoms with Gasteiger partial charge < -0.3 is 14.2 Å². The number of anilines is 1. The average molecular weight is 625 g/mol. The predicted molar refractivity (Wildman–Crippen MR) is 123 cm³/mol. The first kappa shape index (κ1) is 34.0. The fourth-order valence-electron chi connectivity index (χ4n) is 3.30. The zero-order chi connectivity index (χ0) is 27.1. The van der Waals surface area contributed by atoms with Gasteiger partial charge >= 0.3 is 103 Å². The molecule has 3 aromatic rings. The van der Waals surface area contributed by atoms with Gasteiger partial charge in [0.1, 0.15) is 31.4 Å². The molecule has 18 heteroatoms. The first-order valence-corrected chi connectivity index (χ1v) is 12.8. The summed E-state index contributed by atoms with van der Waals surface area (Å²) in [5.41, 5.74) is 1.13. The Labute approximate surface area is 306 Å². The summed E-state index contributed by atoms with van der Waals surface area (Å²) in [5.74, 6) is -2.19. The van der Waals surface area contributed by atoms with E-state index in [-0.39, 0.29) is 125 Å². The zero-order valence-corrected chi connectivity index (χ0v) is 28.1. The Morgan fingerprint density at radius 3 is 1.77 bits per heavy atom. The smallest absolute Gasteiger partial charge is 0.744 e. The first-order valence-electron chi connectivity index (χ1n) is 9.97. The van der Waals surface area contributed by atoms with Crippen LogP contribution in [0.4, 0.5) is 5.69 Å². The van der Waals surface area contributed by atoms with Crippen LogP contribution in [0.5, 0.6) is 5.88 Å². The Hall–Kier alpha value is -1.24. The van der Waals surface area contributed by atoms with Crippen molar-refractivity contribution in [2.45, 2.75) is 9.79 Å². The molecular formula is C21H14K2N4O10S2. The van der Waals surface area contributed by atoms with Crippen molar-refractivity contribution in [1.82, 2.24) is 15.2 Å². The number of carbonyl (C=O) groups excluding carboxylic acids is 2. The third-order valence-corrected chi connectivity index (χ3v) is 6.79. The van der Waals surface area contributed by atoms with Crippen LogP contribution in [0.15, 0.2) is 80.8 Å². The van der Waals surface area contributed by atoms with E-state index in [1.54, 1.807) is 0 Å². The van der Waals surface area contributed by atoms with Crippen LogP contribution < -0.4 is 119 Å². The van der Waals surface area contributed by atoms with E-state index in [0.717, 1.165) is 64.3 Å². The molecule has 0 atom stereocenters. The SMILES string of the molecule is O=C1NN(c2ccc(S(=O)(=O)[O-])cc2)C(=O)/C1=C\C=Cc1c(O)n(-c2ccc(S(=O)(=O)[O-])cc2)[nH]c1=O.[K+].[K+]. The maximum atomic E-state index is 12.6. The van der Waals surface area contributed by atoms with Crippen molar-refractivity contribution >= 4 is 43.8 Å². The topological polar surface area (TPSA) is 222 Å². The molecule has 1 fully saturated rings. The molecule has 192 valence electrons. The second-order valence-corrected chi connectivity index (χ2v) is 10.2. The number of amides is 2. The normalized spacial score (nSPS) is 14.8. The third kappa shape index (κ3) is 7.54. The van der Waals surface area contributed by atoms with Crippen molar-refractivity contribution in [3.63, 3.8) is 0 Å². The third-order valence-electron chi connectivity index (χ3n) is 5.10. The van der Waals surface area contributed by atoms with E-state index in [4.69, 9.17) is 0 Å². The summed E-state index contributed by atoms with van der Waals surface area (Å²) in [5, 5.41) is 13.6. The Morgan fingerprint density at radius 2 is 1.28 bits per heavy atom. The summed E-state index contributed by atoms with van der Waals surface area (Å²) in [4.78, 5) is 36.1. The van der Waals surface area contributed by atoms with Crippen molar-refractivity contribution < 1.29 is 143 Å². The van der Waals surface area contributed by atoms with Crippen molar-refractivity contribution in [2.24, 2.45) is 0 Å². The number of rotatable bonds is 6. The average Bonchev–Trinajstić information content (AvgIpc) is 3.28. The number of nitrogens with one attached hydrogen (secondary N) is 2. The quantitative estimate of drug-likeness (QED) is 0.102. The number of hydrogen-bond acceptors (Lipinski definition) is 10. The molecule has 0 aliphatic carbocycles. The van der Waals surface area contributed by atoms with Crippen LogP contribution in [0.2, 0.25) is 0 Å². The standard InChI is InChI=1S/C21H16N4O10S2.2K/c26-18-16(20(28)24(22-18)12-4-8-14(9-5-12)36(30,31)32)2-1-3-17-19(27)23-25(21(17)29)13-6-10-15(11-7-13)37(33,34)35;;/h1-11,28H,(H,22,26)(H,23,27)(H,30,31,32)(H,33,34,35);;/q;2*+1/p-2/b2-1?,17-3-;;. The van der Waals surface area contributed by atoms with E-state index in [1.807, 2.05) is 0 Å². The van der Waals surface area contributed by atoms with Crippen LogP contribution in [0.3, 0.4) is 0 Å². The molecule has 2 aromatic carbocycles. The van der Waals surface area contributed by atoms with Gasteiger partial charge in [-0.2, -0.15) is 0 Å². The maximum Gasteiger partial charge on any atom is 1.00 e. The second kappa shape index (κ2) is 13.2. The molecule has 2 heterocycles. The van der Waals surface area contributed by atoms with Gasteiger partial charge in [-0.1, -0.05) is 6.08 Å². The minimum absolute atomic E-state index is 0.